The van der Waals surface area contributed by atoms with E-state index in [0.29, 0.717) is 24.9 Å². The summed E-state index contributed by atoms with van der Waals surface area (Å²) in [6, 6.07) is -6.24. The van der Waals surface area contributed by atoms with Crippen molar-refractivity contribution in [3.05, 3.63) is 29.8 Å². The van der Waals surface area contributed by atoms with Crippen LogP contribution in [-0.4, -0.2) is 159 Å². The normalized spacial score (nSPS) is 15.1. The van der Waals surface area contributed by atoms with Crippen LogP contribution in [0.2, 0.25) is 0 Å². The highest BCUT2D eigenvalue weighted by atomic mass is 16.4. The van der Waals surface area contributed by atoms with Crippen LogP contribution in [0.15, 0.2) is 24.3 Å². The van der Waals surface area contributed by atoms with E-state index in [1.165, 1.54) is 32.9 Å². The van der Waals surface area contributed by atoms with Crippen LogP contribution in [0.25, 0.3) is 0 Å². The van der Waals surface area contributed by atoms with Gasteiger partial charge in [0.05, 0.1) is 25.5 Å². The number of phenolic OH excluding ortho intramolecular Hbond substituents is 1. The highest BCUT2D eigenvalue weighted by Gasteiger charge is 2.37. The number of benzene rings is 1. The molecule has 1 aromatic carbocycles. The van der Waals surface area contributed by atoms with Gasteiger partial charge in [0, 0.05) is 12.8 Å². The lowest BCUT2D eigenvalue weighted by Crippen LogP contribution is -2.62. The van der Waals surface area contributed by atoms with Gasteiger partial charge in [-0.25, -0.2) is 4.79 Å². The summed E-state index contributed by atoms with van der Waals surface area (Å²) in [5, 5.41) is 60.7. The smallest absolute Gasteiger partial charge is 0.326 e. The average Bonchev–Trinajstić information content (AvgIpc) is 3.33. The Hall–Kier alpha value is -7.42. The van der Waals surface area contributed by atoms with Gasteiger partial charge in [0.2, 0.25) is 59.1 Å². The van der Waals surface area contributed by atoms with Crippen LogP contribution in [-0.2, 0) is 64.0 Å². The first-order valence-electron chi connectivity index (χ1n) is 25.1. The third-order valence-electron chi connectivity index (χ3n) is 11.8. The molecule has 0 saturated carbocycles. The maximum Gasteiger partial charge on any atom is 0.326 e. The van der Waals surface area contributed by atoms with E-state index in [1.54, 1.807) is 39.8 Å². The van der Waals surface area contributed by atoms with Crippen molar-refractivity contribution in [2.45, 2.75) is 168 Å². The zero-order valence-corrected chi connectivity index (χ0v) is 44.4. The predicted molar refractivity (Wildman–Crippen MR) is 273 cm³/mol. The summed E-state index contributed by atoms with van der Waals surface area (Å²) in [4.78, 5) is 156. The van der Waals surface area contributed by atoms with E-state index >= 15 is 0 Å². The standard InChI is InChI=1S/C49H79N11O16/c1-9-26(6)40(47(73)56-32(21-35(51)63)44(70)55-33(22-38(66)67)45(71)57-34(49(75)76)19-24(2)3)60-46(72)39(25(4)5)59-48(74)41(28(8)61)58-37(65)23-52-42(68)27(7)53-43(69)31(20-29-14-16-30(62)17-15-29)54-36(64)13-11-10-12-18-50/h14-17,24-28,31-34,39-41,61-62H,9-13,18-23,50H2,1-8H3,(H2,51,63)(H,52,68)(H,53,69)(H,54,64)(H,55,70)(H,56,73)(H,57,71)(H,58,65)(H,59,74)(H,60,72)(H,66,67)(H,75,76)/t26-,27-,28+,31-,32-,33-,34-,39-,40-,41-/m0/s1. The van der Waals surface area contributed by atoms with E-state index < -0.39 is 157 Å². The van der Waals surface area contributed by atoms with Gasteiger partial charge in [-0.1, -0.05) is 66.5 Å². The second kappa shape index (κ2) is 33.5. The molecule has 27 heteroatoms. The van der Waals surface area contributed by atoms with Crippen molar-refractivity contribution in [3.63, 3.8) is 0 Å². The Labute approximate surface area is 441 Å². The van der Waals surface area contributed by atoms with Crippen molar-refractivity contribution >= 4 is 71.0 Å². The number of primary amides is 1. The molecule has 0 aliphatic carbocycles. The molecular formula is C49H79N11O16. The second-order valence-corrected chi connectivity index (χ2v) is 19.3. The molecule has 76 heavy (non-hydrogen) atoms. The number of aliphatic hydroxyl groups is 1. The number of carboxylic acids is 2. The Morgan fingerprint density at radius 3 is 1.61 bits per heavy atom. The summed E-state index contributed by atoms with van der Waals surface area (Å²) in [7, 11) is 0. The SMILES string of the molecule is CC[C@H](C)[C@H](NC(=O)[C@@H](NC(=O)[C@@H](NC(=O)CNC(=O)[C@H](C)NC(=O)[C@H](Cc1ccc(O)cc1)NC(=O)CCCCCN)[C@@H](C)O)C(C)C)C(=O)N[C@@H](CC(N)=O)C(=O)N[C@@H](CC(=O)O)C(=O)N[C@@H](CC(C)C)C(=O)O. The maximum atomic E-state index is 13.9. The molecular weight excluding hydrogens is 999 g/mol. The molecule has 0 saturated heterocycles. The maximum absolute atomic E-state index is 13.9. The number of carbonyl (C=O) groups excluding carboxylic acids is 10. The fourth-order valence-electron chi connectivity index (χ4n) is 7.30. The number of carboxylic acid groups (broad SMARTS) is 2. The quantitative estimate of drug-likeness (QED) is 0.0302. The second-order valence-electron chi connectivity index (χ2n) is 19.3. The minimum absolute atomic E-state index is 0.00868. The van der Waals surface area contributed by atoms with Gasteiger partial charge in [-0.2, -0.15) is 0 Å². The number of aliphatic carboxylic acids is 2. The third kappa shape index (κ3) is 24.7. The molecule has 0 aliphatic rings. The number of nitrogens with two attached hydrogens (primary N) is 2. The number of rotatable bonds is 35. The van der Waals surface area contributed by atoms with Gasteiger partial charge in [-0.05, 0) is 75.1 Å². The molecule has 0 aromatic heterocycles. The fourth-order valence-corrected chi connectivity index (χ4v) is 7.30. The van der Waals surface area contributed by atoms with E-state index in [2.05, 4.69) is 47.9 Å². The molecule has 17 N–H and O–H groups in total. The molecule has 1 rings (SSSR count). The van der Waals surface area contributed by atoms with Crippen molar-refractivity contribution in [1.29, 1.82) is 0 Å². The summed E-state index contributed by atoms with van der Waals surface area (Å²) < 4.78 is 0. The third-order valence-corrected chi connectivity index (χ3v) is 11.8. The van der Waals surface area contributed by atoms with Crippen molar-refractivity contribution in [2.24, 2.45) is 29.2 Å². The van der Waals surface area contributed by atoms with Crippen LogP contribution < -0.4 is 59.3 Å². The molecule has 0 radical (unpaired) electrons. The van der Waals surface area contributed by atoms with E-state index in [9.17, 15) is 78.0 Å². The number of hydrogen-bond donors (Lipinski definition) is 15. The molecule has 426 valence electrons. The molecule has 0 heterocycles. The molecule has 0 aliphatic heterocycles. The average molecular weight is 1080 g/mol. The van der Waals surface area contributed by atoms with Gasteiger partial charge in [0.15, 0.2) is 0 Å². The summed E-state index contributed by atoms with van der Waals surface area (Å²) >= 11 is 0. The topological polar surface area (TPSA) is 446 Å². The van der Waals surface area contributed by atoms with Crippen LogP contribution >= 0.6 is 0 Å². The Kier molecular flexibility index (Phi) is 29.3. The first kappa shape index (κ1) is 66.6. The number of hydrogen-bond acceptors (Lipinski definition) is 15. The Balaban J connectivity index is 3.16. The summed E-state index contributed by atoms with van der Waals surface area (Å²) in [6.07, 6.45) is -1.21. The number of aromatic hydroxyl groups is 1. The number of unbranched alkanes of at least 4 members (excludes halogenated alkanes) is 2. The van der Waals surface area contributed by atoms with Crippen LogP contribution in [0, 0.1) is 17.8 Å². The van der Waals surface area contributed by atoms with E-state index in [-0.39, 0.29) is 37.4 Å². The van der Waals surface area contributed by atoms with Crippen LogP contribution in [0.4, 0.5) is 0 Å². The number of phenols is 1. The first-order chi connectivity index (χ1) is 35.5. The van der Waals surface area contributed by atoms with Crippen molar-refractivity contribution in [2.75, 3.05) is 13.1 Å². The predicted octanol–water partition coefficient (Wildman–Crippen LogP) is -2.97. The number of aliphatic hydroxyl groups excluding tert-OH is 1. The zero-order chi connectivity index (χ0) is 58.0. The van der Waals surface area contributed by atoms with Gasteiger partial charge in [-0.15, -0.1) is 0 Å². The minimum atomic E-state index is -1.88. The Morgan fingerprint density at radius 1 is 0.566 bits per heavy atom. The lowest BCUT2D eigenvalue weighted by atomic mass is 9.95. The molecule has 0 fully saturated rings. The molecule has 0 spiro atoms. The first-order valence-corrected chi connectivity index (χ1v) is 25.1. The minimum Gasteiger partial charge on any atom is -0.508 e. The van der Waals surface area contributed by atoms with Crippen LogP contribution in [0.5, 0.6) is 5.75 Å². The molecule has 0 bridgehead atoms. The van der Waals surface area contributed by atoms with E-state index in [4.69, 9.17) is 11.5 Å². The largest absolute Gasteiger partial charge is 0.508 e. The van der Waals surface area contributed by atoms with Crippen LogP contribution in [0.3, 0.4) is 0 Å². The van der Waals surface area contributed by atoms with Gasteiger partial charge >= 0.3 is 11.9 Å². The molecule has 1 aromatic rings. The molecule has 0 unspecified atom stereocenters. The monoisotopic (exact) mass is 1080 g/mol. The molecule has 10 atom stereocenters. The van der Waals surface area contributed by atoms with Gasteiger partial charge in [0.1, 0.15) is 54.1 Å². The summed E-state index contributed by atoms with van der Waals surface area (Å²) in [5.41, 5.74) is 11.5. The highest BCUT2D eigenvalue weighted by Crippen LogP contribution is 2.14. The number of carbonyl (C=O) groups is 12. The van der Waals surface area contributed by atoms with Gasteiger partial charge < -0.3 is 79.7 Å². The molecule has 10 amide bonds. The molecule has 27 nitrogen and oxygen atoms in total. The zero-order valence-electron chi connectivity index (χ0n) is 44.4. The lowest BCUT2D eigenvalue weighted by Gasteiger charge is -2.30. The van der Waals surface area contributed by atoms with Crippen molar-refractivity contribution < 1.29 is 78.0 Å². The lowest BCUT2D eigenvalue weighted by molar-refractivity contribution is -0.144. The van der Waals surface area contributed by atoms with E-state index in [0.717, 1.165) is 13.3 Å². The van der Waals surface area contributed by atoms with Gasteiger partial charge in [0.25, 0.3) is 0 Å². The summed E-state index contributed by atoms with van der Waals surface area (Å²) in [6.45, 7) is 11.8. The van der Waals surface area contributed by atoms with Crippen molar-refractivity contribution in [1.82, 2.24) is 47.9 Å². The highest BCUT2D eigenvalue weighted by molar-refractivity contribution is 5.99. The Bertz CT molecular complexity index is 2170. The summed E-state index contributed by atoms with van der Waals surface area (Å²) in [5.74, 6) is -14.2. The van der Waals surface area contributed by atoms with Crippen LogP contribution in [0.1, 0.15) is 112 Å². The van der Waals surface area contributed by atoms with Crippen molar-refractivity contribution in [3.8, 4) is 5.75 Å². The van der Waals surface area contributed by atoms with Gasteiger partial charge in [-0.3, -0.25) is 52.7 Å². The Morgan fingerprint density at radius 2 is 1.09 bits per heavy atom. The number of amides is 10. The fraction of sp³-hybridized carbons (Fsp3) is 0.633. The van der Waals surface area contributed by atoms with E-state index in [1.807, 2.05) is 0 Å². The number of nitrogens with one attached hydrogen (secondary N) is 9.